The quantitative estimate of drug-likeness (QED) is 0.742. The average molecular weight is 274 g/mol. The first kappa shape index (κ1) is 16.3. The van der Waals surface area contributed by atoms with Gasteiger partial charge in [-0.05, 0) is 58.5 Å². The lowest BCUT2D eigenvalue weighted by molar-refractivity contribution is 0.0755. The highest BCUT2D eigenvalue weighted by Crippen LogP contribution is 2.21. The lowest BCUT2D eigenvalue weighted by atomic mass is 9.90. The zero-order chi connectivity index (χ0) is 13.6. The molecule has 0 aromatic carbocycles. The second kappa shape index (κ2) is 7.73. The molecular weight excluding hydrogens is 244 g/mol. The van der Waals surface area contributed by atoms with Crippen molar-refractivity contribution in [3.8, 4) is 0 Å². The molecule has 108 valence electrons. The fourth-order valence-electron chi connectivity index (χ4n) is 2.68. The van der Waals surface area contributed by atoms with Crippen LogP contribution in [0.25, 0.3) is 0 Å². The lowest BCUT2D eigenvalue weighted by Gasteiger charge is -2.35. The number of hydrogen-bond acceptors (Lipinski definition) is 4. The molecule has 2 N–H and O–H groups in total. The Labute approximate surface area is 117 Å². The molecule has 0 spiro atoms. The summed E-state index contributed by atoms with van der Waals surface area (Å²) in [5.74, 6) is 1.55. The first-order chi connectivity index (χ1) is 8.48. The van der Waals surface area contributed by atoms with Crippen LogP contribution in [0.2, 0.25) is 0 Å². The van der Waals surface area contributed by atoms with Crippen molar-refractivity contribution >= 4 is 11.8 Å². The summed E-state index contributed by atoms with van der Waals surface area (Å²) in [4.78, 5) is 2.52. The lowest BCUT2D eigenvalue weighted by Crippen LogP contribution is -2.47. The Morgan fingerprint density at radius 3 is 2.56 bits per heavy atom. The maximum absolute atomic E-state index is 10.2. The van der Waals surface area contributed by atoms with Gasteiger partial charge in [0.15, 0.2) is 0 Å². The van der Waals surface area contributed by atoms with Crippen LogP contribution < -0.4 is 5.32 Å². The van der Waals surface area contributed by atoms with Gasteiger partial charge >= 0.3 is 0 Å². The zero-order valence-corrected chi connectivity index (χ0v) is 13.2. The van der Waals surface area contributed by atoms with E-state index in [2.05, 4.69) is 24.1 Å². The minimum atomic E-state index is -0.586. The molecule has 0 aliphatic carbocycles. The normalized spacial score (nSPS) is 23.8. The van der Waals surface area contributed by atoms with Crippen LogP contribution in [0.4, 0.5) is 0 Å². The van der Waals surface area contributed by atoms with Gasteiger partial charge in [-0.3, -0.25) is 0 Å². The molecule has 1 aliphatic heterocycles. The summed E-state index contributed by atoms with van der Waals surface area (Å²) in [5.41, 5.74) is -0.586. The van der Waals surface area contributed by atoms with Crippen LogP contribution >= 0.6 is 11.8 Å². The fourth-order valence-corrected chi connectivity index (χ4v) is 3.40. The van der Waals surface area contributed by atoms with Crippen LogP contribution in [-0.4, -0.2) is 59.8 Å². The molecule has 0 radical (unpaired) electrons. The van der Waals surface area contributed by atoms with Crippen molar-refractivity contribution in [1.29, 1.82) is 0 Å². The predicted octanol–water partition coefficient (Wildman–Crippen LogP) is 1.81. The summed E-state index contributed by atoms with van der Waals surface area (Å²) in [6.45, 7) is 10.8. The standard InChI is InChI=1S/C14H30N2OS/c1-5-16-8-6-13(7-9-16)12(2)15-10-14(3,17)11-18-4/h12-13,15,17H,5-11H2,1-4H3. The van der Waals surface area contributed by atoms with Gasteiger partial charge < -0.3 is 15.3 Å². The Hall–Kier alpha value is 0.230. The highest BCUT2D eigenvalue weighted by atomic mass is 32.2. The van der Waals surface area contributed by atoms with Gasteiger partial charge in [0.1, 0.15) is 0 Å². The molecule has 0 aromatic rings. The number of likely N-dealkylation sites (tertiary alicyclic amines) is 1. The molecule has 1 fully saturated rings. The molecule has 1 saturated heterocycles. The maximum Gasteiger partial charge on any atom is 0.0833 e. The molecule has 0 aromatic heterocycles. The highest BCUT2D eigenvalue weighted by molar-refractivity contribution is 7.98. The Bertz CT molecular complexity index is 228. The SMILES string of the molecule is CCN1CCC(C(C)NCC(C)(O)CSC)CC1. The van der Waals surface area contributed by atoms with E-state index in [-0.39, 0.29) is 0 Å². The van der Waals surface area contributed by atoms with Gasteiger partial charge in [-0.2, -0.15) is 11.8 Å². The van der Waals surface area contributed by atoms with E-state index in [1.165, 1.54) is 32.5 Å². The summed E-state index contributed by atoms with van der Waals surface area (Å²) >= 11 is 1.70. The largest absolute Gasteiger partial charge is 0.388 e. The minimum absolute atomic E-state index is 0.511. The maximum atomic E-state index is 10.2. The van der Waals surface area contributed by atoms with Crippen LogP contribution in [0.3, 0.4) is 0 Å². The number of nitrogens with zero attached hydrogens (tertiary/aromatic N) is 1. The van der Waals surface area contributed by atoms with Gasteiger partial charge in [-0.15, -0.1) is 0 Å². The third-order valence-corrected chi connectivity index (χ3v) is 4.96. The van der Waals surface area contributed by atoms with Gasteiger partial charge in [0.2, 0.25) is 0 Å². The molecule has 2 unspecified atom stereocenters. The Kier molecular flexibility index (Phi) is 6.99. The van der Waals surface area contributed by atoms with Crippen LogP contribution in [0.1, 0.15) is 33.6 Å². The smallest absolute Gasteiger partial charge is 0.0833 e. The Morgan fingerprint density at radius 1 is 1.44 bits per heavy atom. The topological polar surface area (TPSA) is 35.5 Å². The van der Waals surface area contributed by atoms with Crippen LogP contribution in [0, 0.1) is 5.92 Å². The minimum Gasteiger partial charge on any atom is -0.388 e. The summed E-state index contributed by atoms with van der Waals surface area (Å²) in [6.07, 6.45) is 4.61. The van der Waals surface area contributed by atoms with E-state index < -0.39 is 5.60 Å². The van der Waals surface area contributed by atoms with E-state index in [0.717, 1.165) is 11.7 Å². The molecule has 0 bridgehead atoms. The Morgan fingerprint density at radius 2 is 2.06 bits per heavy atom. The molecule has 0 amide bonds. The van der Waals surface area contributed by atoms with Crippen molar-refractivity contribution in [1.82, 2.24) is 10.2 Å². The van der Waals surface area contributed by atoms with E-state index in [1.807, 2.05) is 13.2 Å². The van der Waals surface area contributed by atoms with E-state index in [9.17, 15) is 5.11 Å². The third-order valence-electron chi connectivity index (χ3n) is 4.05. The molecule has 1 rings (SSSR count). The van der Waals surface area contributed by atoms with Crippen molar-refractivity contribution in [2.75, 3.05) is 38.2 Å². The highest BCUT2D eigenvalue weighted by Gasteiger charge is 2.25. The van der Waals surface area contributed by atoms with Crippen LogP contribution in [-0.2, 0) is 0 Å². The molecule has 1 heterocycles. The molecule has 4 heteroatoms. The summed E-state index contributed by atoms with van der Waals surface area (Å²) < 4.78 is 0. The van der Waals surface area contributed by atoms with Gasteiger partial charge in [0.05, 0.1) is 5.60 Å². The number of aliphatic hydroxyl groups is 1. The number of nitrogens with one attached hydrogen (secondary N) is 1. The van der Waals surface area contributed by atoms with E-state index in [1.54, 1.807) is 11.8 Å². The third kappa shape index (κ3) is 5.47. The van der Waals surface area contributed by atoms with E-state index in [4.69, 9.17) is 0 Å². The molecule has 18 heavy (non-hydrogen) atoms. The number of thioether (sulfide) groups is 1. The van der Waals surface area contributed by atoms with E-state index in [0.29, 0.717) is 12.6 Å². The summed E-state index contributed by atoms with van der Waals surface area (Å²) in [5, 5.41) is 13.7. The first-order valence-corrected chi connectivity index (χ1v) is 8.55. The van der Waals surface area contributed by atoms with Crippen LogP contribution in [0.15, 0.2) is 0 Å². The second-order valence-corrected chi connectivity index (χ2v) is 6.74. The number of piperidine rings is 1. The van der Waals surface area contributed by atoms with Gasteiger partial charge in [0, 0.05) is 18.3 Å². The van der Waals surface area contributed by atoms with Crippen molar-refractivity contribution in [2.24, 2.45) is 5.92 Å². The number of hydrogen-bond donors (Lipinski definition) is 2. The van der Waals surface area contributed by atoms with Crippen molar-refractivity contribution in [3.05, 3.63) is 0 Å². The molecular formula is C14H30N2OS. The summed E-state index contributed by atoms with van der Waals surface area (Å²) in [7, 11) is 0. The first-order valence-electron chi connectivity index (χ1n) is 7.15. The van der Waals surface area contributed by atoms with Gasteiger partial charge in [0.25, 0.3) is 0 Å². The molecule has 0 saturated carbocycles. The predicted molar refractivity (Wildman–Crippen MR) is 81.3 cm³/mol. The zero-order valence-electron chi connectivity index (χ0n) is 12.4. The fraction of sp³-hybridized carbons (Fsp3) is 1.00. The molecule has 2 atom stereocenters. The van der Waals surface area contributed by atoms with Gasteiger partial charge in [-0.1, -0.05) is 6.92 Å². The molecule has 3 nitrogen and oxygen atoms in total. The van der Waals surface area contributed by atoms with Gasteiger partial charge in [-0.25, -0.2) is 0 Å². The van der Waals surface area contributed by atoms with Crippen molar-refractivity contribution < 1.29 is 5.11 Å². The van der Waals surface area contributed by atoms with E-state index >= 15 is 0 Å². The van der Waals surface area contributed by atoms with Crippen molar-refractivity contribution in [2.45, 2.75) is 45.3 Å². The Balaban J connectivity index is 2.27. The van der Waals surface area contributed by atoms with Crippen LogP contribution in [0.5, 0.6) is 0 Å². The van der Waals surface area contributed by atoms with Crippen molar-refractivity contribution in [3.63, 3.8) is 0 Å². The number of rotatable bonds is 7. The molecule has 1 aliphatic rings. The second-order valence-electron chi connectivity index (χ2n) is 5.87. The monoisotopic (exact) mass is 274 g/mol. The summed E-state index contributed by atoms with van der Waals surface area (Å²) in [6, 6.07) is 0.511. The average Bonchev–Trinajstić information content (AvgIpc) is 2.36.